The molecule has 0 amide bonds. The number of carbonyl (C=O) groups excluding carboxylic acids is 1. The van der Waals surface area contributed by atoms with E-state index in [2.05, 4.69) is 10.4 Å². The van der Waals surface area contributed by atoms with Gasteiger partial charge in [-0.15, -0.1) is 0 Å². The molecule has 21 heavy (non-hydrogen) atoms. The summed E-state index contributed by atoms with van der Waals surface area (Å²) in [6.07, 6.45) is -4.16. The number of ether oxygens (including phenoxy) is 1. The number of benzene rings is 1. The van der Waals surface area contributed by atoms with Crippen molar-refractivity contribution in [1.82, 2.24) is 9.78 Å². The second-order valence-electron chi connectivity index (χ2n) is 4.61. The van der Waals surface area contributed by atoms with Gasteiger partial charge in [-0.1, -0.05) is 12.1 Å². The predicted octanol–water partition coefficient (Wildman–Crippen LogP) is 2.30. The Morgan fingerprint density at radius 1 is 1.38 bits per heavy atom. The van der Waals surface area contributed by atoms with Gasteiger partial charge in [0.05, 0.1) is 5.69 Å². The molecule has 1 aliphatic rings. The van der Waals surface area contributed by atoms with E-state index in [1.165, 1.54) is 0 Å². The minimum Gasteiger partial charge on any atom is -0.453 e. The number of nitrogens with one attached hydrogen (secondary N) is 1. The summed E-state index contributed by atoms with van der Waals surface area (Å²) in [7, 11) is 1.16. The molecule has 2 aromatic rings. The summed E-state index contributed by atoms with van der Waals surface area (Å²) >= 11 is 0. The van der Waals surface area contributed by atoms with Crippen LogP contribution in [0, 0.1) is 0 Å². The number of rotatable bonds is 2. The summed E-state index contributed by atoms with van der Waals surface area (Å²) < 4.78 is 44.7. The molecule has 0 fully saturated rings. The summed E-state index contributed by atoms with van der Waals surface area (Å²) in [5.74, 6) is 0.379. The zero-order valence-corrected chi connectivity index (χ0v) is 10.8. The average molecular weight is 297 g/mol. The van der Waals surface area contributed by atoms with Crippen molar-refractivity contribution in [1.29, 1.82) is 0 Å². The molecular formula is C13H10F3N3O2. The number of hydrogen-bond donors (Lipinski definition) is 1. The minimum absolute atomic E-state index is 0.150. The molecule has 1 aromatic carbocycles. The van der Waals surface area contributed by atoms with Crippen molar-refractivity contribution in [2.45, 2.75) is 11.9 Å². The predicted molar refractivity (Wildman–Crippen MR) is 66.6 cm³/mol. The molecule has 110 valence electrons. The standard InChI is InChI=1S/C13H10F3N3O2/c1-19-11(13(14,15)16)6-10(18-19)12(7-20)17-8-4-2-3-5-9(8)21-12/h2-7,17H,1H3. The molecule has 2 heterocycles. The van der Waals surface area contributed by atoms with Gasteiger partial charge >= 0.3 is 6.18 Å². The Kier molecular flexibility index (Phi) is 2.72. The number of aryl methyl sites for hydroxylation is 1. The van der Waals surface area contributed by atoms with Gasteiger partial charge in [0.1, 0.15) is 17.1 Å². The molecule has 0 aliphatic carbocycles. The number of halogens is 3. The Labute approximate surface area is 117 Å². The van der Waals surface area contributed by atoms with Crippen molar-refractivity contribution in [2.75, 3.05) is 5.32 Å². The molecule has 8 heteroatoms. The van der Waals surface area contributed by atoms with Crippen LogP contribution in [0.15, 0.2) is 30.3 Å². The third-order valence-corrected chi connectivity index (χ3v) is 3.20. The van der Waals surface area contributed by atoms with Crippen LogP contribution >= 0.6 is 0 Å². The number of aldehydes is 1. The first kappa shape index (κ1) is 13.5. The highest BCUT2D eigenvalue weighted by Gasteiger charge is 2.45. The van der Waals surface area contributed by atoms with Crippen LogP contribution in [0.3, 0.4) is 0 Å². The van der Waals surface area contributed by atoms with E-state index in [1.54, 1.807) is 24.3 Å². The second-order valence-corrected chi connectivity index (χ2v) is 4.61. The van der Waals surface area contributed by atoms with Gasteiger partial charge in [0.15, 0.2) is 6.29 Å². The molecular weight excluding hydrogens is 287 g/mol. The van der Waals surface area contributed by atoms with Crippen molar-refractivity contribution in [3.63, 3.8) is 0 Å². The van der Waals surface area contributed by atoms with Crippen molar-refractivity contribution >= 4 is 12.0 Å². The smallest absolute Gasteiger partial charge is 0.433 e. The molecule has 0 spiro atoms. The van der Waals surface area contributed by atoms with Gasteiger partial charge in [-0.05, 0) is 18.2 Å². The Bertz CT molecular complexity index is 684. The Morgan fingerprint density at radius 3 is 2.67 bits per heavy atom. The van der Waals surface area contributed by atoms with Crippen molar-refractivity contribution in [3.8, 4) is 5.75 Å². The average Bonchev–Trinajstić information content (AvgIpc) is 2.99. The number of para-hydroxylation sites is 2. The third-order valence-electron chi connectivity index (χ3n) is 3.20. The summed E-state index contributed by atoms with van der Waals surface area (Å²) in [5, 5.41) is 6.54. The first-order valence-corrected chi connectivity index (χ1v) is 6.00. The number of aromatic nitrogens is 2. The van der Waals surface area contributed by atoms with E-state index in [0.29, 0.717) is 22.4 Å². The van der Waals surface area contributed by atoms with E-state index in [4.69, 9.17) is 4.74 Å². The lowest BCUT2D eigenvalue weighted by atomic mass is 10.1. The van der Waals surface area contributed by atoms with E-state index < -0.39 is 17.6 Å². The maximum absolute atomic E-state index is 12.8. The summed E-state index contributed by atoms with van der Waals surface area (Å²) in [4.78, 5) is 11.5. The van der Waals surface area contributed by atoms with Crippen LogP contribution in [-0.2, 0) is 23.7 Å². The largest absolute Gasteiger partial charge is 0.453 e. The fourth-order valence-electron chi connectivity index (χ4n) is 2.20. The molecule has 0 saturated carbocycles. The monoisotopic (exact) mass is 297 g/mol. The number of anilines is 1. The lowest BCUT2D eigenvalue weighted by molar-refractivity contribution is -0.143. The van der Waals surface area contributed by atoms with Crippen LogP contribution in [-0.4, -0.2) is 16.1 Å². The van der Waals surface area contributed by atoms with Gasteiger partial charge in [-0.25, -0.2) is 0 Å². The third kappa shape index (κ3) is 2.03. The zero-order valence-electron chi connectivity index (χ0n) is 10.8. The highest BCUT2D eigenvalue weighted by molar-refractivity contribution is 5.77. The number of carbonyl (C=O) groups is 1. The fourth-order valence-corrected chi connectivity index (χ4v) is 2.20. The number of fused-ring (bicyclic) bond motifs is 1. The molecule has 1 atom stereocenters. The quantitative estimate of drug-likeness (QED) is 0.864. The van der Waals surface area contributed by atoms with Gasteiger partial charge in [-0.3, -0.25) is 9.48 Å². The molecule has 0 saturated heterocycles. The van der Waals surface area contributed by atoms with Gasteiger partial charge in [0, 0.05) is 7.05 Å². The molecule has 5 nitrogen and oxygen atoms in total. The molecule has 0 bridgehead atoms. The normalized spacial score (nSPS) is 20.6. The SMILES string of the molecule is Cn1nc(C2(C=O)Nc3ccccc3O2)cc1C(F)(F)F. The summed E-state index contributed by atoms with van der Waals surface area (Å²) in [5.41, 5.74) is -2.34. The van der Waals surface area contributed by atoms with Crippen LogP contribution in [0.2, 0.25) is 0 Å². The van der Waals surface area contributed by atoms with Crippen molar-refractivity contribution in [2.24, 2.45) is 7.05 Å². The van der Waals surface area contributed by atoms with Crippen LogP contribution in [0.5, 0.6) is 5.75 Å². The molecule has 3 rings (SSSR count). The minimum atomic E-state index is -4.56. The zero-order chi connectivity index (χ0) is 15.3. The maximum atomic E-state index is 12.8. The summed E-state index contributed by atoms with van der Waals surface area (Å²) in [6.45, 7) is 0. The van der Waals surface area contributed by atoms with E-state index in [9.17, 15) is 18.0 Å². The number of hydrogen-bond acceptors (Lipinski definition) is 4. The lowest BCUT2D eigenvalue weighted by Crippen LogP contribution is -2.39. The lowest BCUT2D eigenvalue weighted by Gasteiger charge is -2.20. The molecule has 1 N–H and O–H groups in total. The van der Waals surface area contributed by atoms with E-state index >= 15 is 0 Å². The topological polar surface area (TPSA) is 56.2 Å². The number of alkyl halides is 3. The molecule has 0 radical (unpaired) electrons. The molecule has 1 aliphatic heterocycles. The highest BCUT2D eigenvalue weighted by atomic mass is 19.4. The first-order valence-electron chi connectivity index (χ1n) is 6.00. The Balaban J connectivity index is 2.06. The Morgan fingerprint density at radius 2 is 2.10 bits per heavy atom. The van der Waals surface area contributed by atoms with Crippen LogP contribution in [0.1, 0.15) is 11.4 Å². The van der Waals surface area contributed by atoms with E-state index in [-0.39, 0.29) is 5.69 Å². The summed E-state index contributed by atoms with van der Waals surface area (Å²) in [6, 6.07) is 7.49. The van der Waals surface area contributed by atoms with E-state index in [1.807, 2.05) is 0 Å². The van der Waals surface area contributed by atoms with Gasteiger partial charge in [-0.2, -0.15) is 18.3 Å². The molecule has 1 unspecified atom stereocenters. The maximum Gasteiger partial charge on any atom is 0.433 e. The first-order chi connectivity index (χ1) is 9.86. The second kappa shape index (κ2) is 4.24. The van der Waals surface area contributed by atoms with Gasteiger partial charge in [0.25, 0.3) is 5.72 Å². The van der Waals surface area contributed by atoms with Crippen LogP contribution in [0.4, 0.5) is 18.9 Å². The Hall–Kier alpha value is -2.51. The fraction of sp³-hybridized carbons (Fsp3) is 0.231. The van der Waals surface area contributed by atoms with Gasteiger partial charge < -0.3 is 10.1 Å². The van der Waals surface area contributed by atoms with E-state index in [0.717, 1.165) is 13.1 Å². The number of nitrogens with zero attached hydrogens (tertiary/aromatic N) is 2. The molecule has 1 aromatic heterocycles. The van der Waals surface area contributed by atoms with Crippen molar-refractivity contribution in [3.05, 3.63) is 41.7 Å². The highest BCUT2D eigenvalue weighted by Crippen LogP contribution is 2.41. The van der Waals surface area contributed by atoms with Crippen LogP contribution < -0.4 is 10.1 Å². The van der Waals surface area contributed by atoms with Crippen LogP contribution in [0.25, 0.3) is 0 Å². The van der Waals surface area contributed by atoms with Gasteiger partial charge in [0.2, 0.25) is 0 Å². The van der Waals surface area contributed by atoms with Crippen molar-refractivity contribution < 1.29 is 22.7 Å².